The third-order valence-electron chi connectivity index (χ3n) is 10.7. The average Bonchev–Trinajstić information content (AvgIpc) is 3.71. The number of fused-ring (bicyclic) bond motifs is 6. The molecule has 0 saturated heterocycles. The number of aryl methyl sites for hydroxylation is 4. The van der Waals surface area contributed by atoms with Gasteiger partial charge in [-0.1, -0.05) is 103 Å². The van der Waals surface area contributed by atoms with Crippen molar-refractivity contribution in [1.82, 2.24) is 29.7 Å². The molecule has 0 saturated carbocycles. The van der Waals surface area contributed by atoms with Crippen LogP contribution in [-0.2, 0) is 39.0 Å². The predicted octanol–water partition coefficient (Wildman–Crippen LogP) is 10.4. The summed E-state index contributed by atoms with van der Waals surface area (Å²) < 4.78 is 5.01. The van der Waals surface area contributed by atoms with Gasteiger partial charge in [0.05, 0.1) is 22.4 Å². The van der Waals surface area contributed by atoms with E-state index in [4.69, 9.17) is 9.97 Å². The lowest BCUT2D eigenvalue weighted by molar-refractivity contribution is 0.567. The molecule has 7 heteroatoms. The van der Waals surface area contributed by atoms with Gasteiger partial charge in [-0.05, 0) is 87.0 Å². The van der Waals surface area contributed by atoms with Crippen molar-refractivity contribution in [1.29, 1.82) is 0 Å². The molecule has 2 N–H and O–H groups in total. The van der Waals surface area contributed by atoms with E-state index in [2.05, 4.69) is 141 Å². The Morgan fingerprint density at radius 2 is 0.852 bits per heavy atom. The summed E-state index contributed by atoms with van der Waals surface area (Å²) >= 11 is 0. The highest BCUT2D eigenvalue weighted by molar-refractivity contribution is 6.09. The number of benzene rings is 4. The second-order valence-electron chi connectivity index (χ2n) is 14.2. The van der Waals surface area contributed by atoms with Crippen LogP contribution in [0.3, 0.4) is 0 Å². The molecule has 0 amide bonds. The van der Waals surface area contributed by atoms with Gasteiger partial charge in [0.25, 0.3) is 0 Å². The lowest BCUT2D eigenvalue weighted by Crippen LogP contribution is -2.18. The van der Waals surface area contributed by atoms with Gasteiger partial charge in [-0.25, -0.2) is 0 Å². The monoisotopic (exact) mass is 734 g/mol. The van der Waals surface area contributed by atoms with E-state index in [-0.39, 0.29) is 12.4 Å². The molecule has 4 heterocycles. The van der Waals surface area contributed by atoms with Crippen LogP contribution < -0.4 is 10.6 Å². The van der Waals surface area contributed by atoms with Crippen molar-refractivity contribution >= 4 is 56.0 Å². The molecule has 0 spiro atoms. The first-order valence-corrected chi connectivity index (χ1v) is 19.5. The van der Waals surface area contributed by atoms with E-state index < -0.39 is 0 Å². The normalized spacial score (nSPS) is 11.6. The maximum absolute atomic E-state index is 4.89. The van der Waals surface area contributed by atoms with Gasteiger partial charge in [-0.2, -0.15) is 0 Å². The fourth-order valence-electron chi connectivity index (χ4n) is 8.13. The highest BCUT2D eigenvalue weighted by atomic mass is 35.5. The second-order valence-corrected chi connectivity index (χ2v) is 14.2. The maximum atomic E-state index is 4.89. The molecule has 8 rings (SSSR count). The standard InChI is InChI=1S/C47H50N6.ClH/c1-4-16-36(17-5-1)20-14-32-52-44-24-10-8-22-38(44)40-26-30-50-42(46(40)52)34-48-28-12-3-13-29-49-35-43-47-41(27-31-51-43)39-23-9-11-25-45(39)53(47)33-15-21-37-18-6-2-7-19-37;/h1-2,4-11,16-19,22-27,30-31,48-49H,3,12-15,20-21,28-29,32-35H2;1H. The third kappa shape index (κ3) is 8.37. The molecule has 0 aliphatic heterocycles. The molecule has 4 aromatic carbocycles. The first-order valence-electron chi connectivity index (χ1n) is 19.5. The van der Waals surface area contributed by atoms with Crippen LogP contribution in [0.4, 0.5) is 0 Å². The van der Waals surface area contributed by atoms with Gasteiger partial charge in [-0.3, -0.25) is 9.97 Å². The summed E-state index contributed by atoms with van der Waals surface area (Å²) in [6.45, 7) is 5.47. The molecule has 6 nitrogen and oxygen atoms in total. The Hall–Kier alpha value is -5.01. The Balaban J connectivity index is 0.00000450. The molecule has 54 heavy (non-hydrogen) atoms. The van der Waals surface area contributed by atoms with Crippen LogP contribution in [0.15, 0.2) is 134 Å². The molecular formula is C47H51ClN6. The van der Waals surface area contributed by atoms with Gasteiger partial charge in [0.1, 0.15) is 0 Å². The first-order chi connectivity index (χ1) is 26.3. The van der Waals surface area contributed by atoms with Gasteiger partial charge < -0.3 is 19.8 Å². The summed E-state index contributed by atoms with van der Waals surface area (Å²) in [5, 5.41) is 12.7. The highest BCUT2D eigenvalue weighted by Gasteiger charge is 2.16. The smallest absolute Gasteiger partial charge is 0.0784 e. The lowest BCUT2D eigenvalue weighted by atomic mass is 10.1. The molecule has 0 aliphatic carbocycles. The zero-order chi connectivity index (χ0) is 35.7. The number of rotatable bonds is 18. The maximum Gasteiger partial charge on any atom is 0.0784 e. The zero-order valence-corrected chi connectivity index (χ0v) is 31.9. The van der Waals surface area contributed by atoms with Gasteiger partial charge in [-0.15, -0.1) is 12.4 Å². The van der Waals surface area contributed by atoms with Gasteiger partial charge in [0.2, 0.25) is 0 Å². The summed E-state index contributed by atoms with van der Waals surface area (Å²) in [6.07, 6.45) is 11.7. The topological polar surface area (TPSA) is 59.7 Å². The Bertz CT molecular complexity index is 2230. The first kappa shape index (κ1) is 37.3. The van der Waals surface area contributed by atoms with Crippen LogP contribution in [0.5, 0.6) is 0 Å². The number of halogens is 1. The molecule has 0 unspecified atom stereocenters. The minimum atomic E-state index is 0. The average molecular weight is 735 g/mol. The number of aromatic nitrogens is 4. The van der Waals surface area contributed by atoms with Crippen LogP contribution in [0, 0.1) is 0 Å². The fourth-order valence-corrected chi connectivity index (χ4v) is 8.13. The minimum absolute atomic E-state index is 0. The summed E-state index contributed by atoms with van der Waals surface area (Å²) in [4.78, 5) is 9.77. The van der Waals surface area contributed by atoms with Crippen LogP contribution in [0.25, 0.3) is 43.6 Å². The minimum Gasteiger partial charge on any atom is -0.339 e. The van der Waals surface area contributed by atoms with E-state index in [1.807, 2.05) is 12.4 Å². The molecule has 0 atom stereocenters. The Labute approximate surface area is 325 Å². The molecule has 4 aromatic heterocycles. The Kier molecular flexibility index (Phi) is 12.7. The number of nitrogens with one attached hydrogen (secondary N) is 2. The van der Waals surface area contributed by atoms with E-state index in [0.29, 0.717) is 0 Å². The summed E-state index contributed by atoms with van der Waals surface area (Å²) in [5.74, 6) is 0. The summed E-state index contributed by atoms with van der Waals surface area (Å²) in [7, 11) is 0. The number of nitrogens with zero attached hydrogens (tertiary/aromatic N) is 4. The SMILES string of the molecule is Cl.c1ccc(CCCn2c3ccccc3c3ccnc(CNCCCCCNCc4nccc5c6ccccc6n(CCCc6ccccc6)c45)c32)cc1. The number of hydrogen-bond acceptors (Lipinski definition) is 4. The number of pyridine rings is 2. The van der Waals surface area contributed by atoms with Crippen molar-refractivity contribution in [3.8, 4) is 0 Å². The van der Waals surface area contributed by atoms with Crippen molar-refractivity contribution < 1.29 is 0 Å². The van der Waals surface area contributed by atoms with E-state index in [1.54, 1.807) is 0 Å². The van der Waals surface area contributed by atoms with Crippen molar-refractivity contribution in [2.45, 2.75) is 71.1 Å². The molecule has 8 aromatic rings. The fraction of sp³-hybridized carbons (Fsp3) is 0.277. The van der Waals surface area contributed by atoms with Gasteiger partial charge >= 0.3 is 0 Å². The Morgan fingerprint density at radius 3 is 1.31 bits per heavy atom. The zero-order valence-electron chi connectivity index (χ0n) is 31.1. The molecule has 0 fully saturated rings. The van der Waals surface area contributed by atoms with Crippen LogP contribution >= 0.6 is 12.4 Å². The Morgan fingerprint density at radius 1 is 0.426 bits per heavy atom. The second kappa shape index (κ2) is 18.4. The third-order valence-corrected chi connectivity index (χ3v) is 10.7. The molecule has 276 valence electrons. The number of hydrogen-bond donors (Lipinski definition) is 2. The van der Waals surface area contributed by atoms with E-state index in [9.17, 15) is 0 Å². The van der Waals surface area contributed by atoms with Crippen LogP contribution in [0.2, 0.25) is 0 Å². The van der Waals surface area contributed by atoms with Gasteiger partial charge in [0, 0.05) is 71.2 Å². The number of unbranched alkanes of at least 4 members (excludes halogenated alkanes) is 2. The quantitative estimate of drug-likeness (QED) is 0.0862. The molecule has 0 aliphatic rings. The summed E-state index contributed by atoms with van der Waals surface area (Å²) in [5.41, 5.74) is 10.2. The van der Waals surface area contributed by atoms with E-state index in [0.717, 1.165) is 89.2 Å². The number of para-hydroxylation sites is 2. The van der Waals surface area contributed by atoms with Crippen LogP contribution in [-0.4, -0.2) is 32.2 Å². The lowest BCUT2D eigenvalue weighted by Gasteiger charge is -2.12. The molecular weight excluding hydrogens is 684 g/mol. The van der Waals surface area contributed by atoms with Crippen molar-refractivity contribution in [2.24, 2.45) is 0 Å². The van der Waals surface area contributed by atoms with E-state index in [1.165, 1.54) is 61.2 Å². The van der Waals surface area contributed by atoms with Gasteiger partial charge in [0.15, 0.2) is 0 Å². The molecule has 0 bridgehead atoms. The van der Waals surface area contributed by atoms with Crippen LogP contribution in [0.1, 0.15) is 54.6 Å². The van der Waals surface area contributed by atoms with Crippen molar-refractivity contribution in [2.75, 3.05) is 13.1 Å². The van der Waals surface area contributed by atoms with Crippen molar-refractivity contribution in [3.05, 3.63) is 156 Å². The largest absolute Gasteiger partial charge is 0.339 e. The molecule has 0 radical (unpaired) electrons. The van der Waals surface area contributed by atoms with E-state index >= 15 is 0 Å². The predicted molar refractivity (Wildman–Crippen MR) is 229 cm³/mol. The summed E-state index contributed by atoms with van der Waals surface area (Å²) in [6, 6.07) is 43.6. The van der Waals surface area contributed by atoms with Crippen molar-refractivity contribution in [3.63, 3.8) is 0 Å². The highest BCUT2D eigenvalue weighted by Crippen LogP contribution is 2.32.